The number of hydrogen-bond acceptors (Lipinski definition) is 2. The molecule has 3 rings (SSSR count). The fourth-order valence-electron chi connectivity index (χ4n) is 4.58. The molecular formula is C19H24O2. The lowest BCUT2D eigenvalue weighted by atomic mass is 9.59. The Kier molecular flexibility index (Phi) is 3.75. The number of rotatable bonds is 3. The van der Waals surface area contributed by atoms with Gasteiger partial charge in [0.05, 0.1) is 5.60 Å². The first-order chi connectivity index (χ1) is 10.1. The molecule has 2 fully saturated rings. The average molecular weight is 284 g/mol. The summed E-state index contributed by atoms with van der Waals surface area (Å²) in [4.78, 5) is 10.6. The highest BCUT2D eigenvalue weighted by Gasteiger charge is 2.58. The molecule has 0 unspecified atom stereocenters. The topological polar surface area (TPSA) is 37.3 Å². The van der Waals surface area contributed by atoms with Gasteiger partial charge in [-0.1, -0.05) is 43.3 Å². The number of aldehydes is 1. The van der Waals surface area contributed by atoms with Crippen LogP contribution in [0.2, 0.25) is 0 Å². The summed E-state index contributed by atoms with van der Waals surface area (Å²) in [6.07, 6.45) is 9.28. The lowest BCUT2D eigenvalue weighted by Gasteiger charge is -2.49. The van der Waals surface area contributed by atoms with Gasteiger partial charge in [0.15, 0.2) is 0 Å². The van der Waals surface area contributed by atoms with Crippen molar-refractivity contribution in [2.24, 2.45) is 11.3 Å². The second-order valence-electron chi connectivity index (χ2n) is 6.97. The van der Waals surface area contributed by atoms with Gasteiger partial charge in [-0.15, -0.1) is 0 Å². The van der Waals surface area contributed by atoms with E-state index >= 15 is 0 Å². The molecule has 0 aromatic heterocycles. The quantitative estimate of drug-likeness (QED) is 0.676. The molecule has 0 radical (unpaired) electrons. The molecule has 112 valence electrons. The molecular weight excluding hydrogens is 260 g/mol. The minimum atomic E-state index is -0.594. The van der Waals surface area contributed by atoms with Crippen LogP contribution in [0.15, 0.2) is 42.5 Å². The molecule has 0 heterocycles. The first kappa shape index (κ1) is 14.5. The third-order valence-corrected chi connectivity index (χ3v) is 6.04. The van der Waals surface area contributed by atoms with Gasteiger partial charge in [0.1, 0.15) is 6.29 Å². The summed E-state index contributed by atoms with van der Waals surface area (Å²) in [5.41, 5.74) is 0.668. The van der Waals surface area contributed by atoms with Crippen LogP contribution in [0.25, 0.3) is 0 Å². The molecule has 0 aliphatic heterocycles. The van der Waals surface area contributed by atoms with Crippen molar-refractivity contribution in [3.05, 3.63) is 48.0 Å². The lowest BCUT2D eigenvalue weighted by molar-refractivity contribution is -0.104. The van der Waals surface area contributed by atoms with Crippen LogP contribution in [0.3, 0.4) is 0 Å². The van der Waals surface area contributed by atoms with Gasteiger partial charge in [0.2, 0.25) is 0 Å². The van der Waals surface area contributed by atoms with Crippen molar-refractivity contribution in [3.63, 3.8) is 0 Å². The van der Waals surface area contributed by atoms with Gasteiger partial charge in [-0.3, -0.25) is 4.79 Å². The molecule has 1 N–H and O–H groups in total. The van der Waals surface area contributed by atoms with Crippen LogP contribution in [0.1, 0.15) is 50.5 Å². The summed E-state index contributed by atoms with van der Waals surface area (Å²) in [6, 6.07) is 10.6. The molecule has 0 bridgehead atoms. The van der Waals surface area contributed by atoms with Crippen LogP contribution in [-0.2, 0) is 4.79 Å². The first-order valence-corrected chi connectivity index (χ1v) is 7.98. The van der Waals surface area contributed by atoms with Crippen molar-refractivity contribution in [2.45, 2.75) is 50.5 Å². The van der Waals surface area contributed by atoms with E-state index in [4.69, 9.17) is 0 Å². The van der Waals surface area contributed by atoms with Crippen LogP contribution >= 0.6 is 0 Å². The molecule has 2 heteroatoms. The maximum Gasteiger partial charge on any atom is 0.142 e. The number of fused-ring (bicyclic) bond motifs is 1. The van der Waals surface area contributed by atoms with Gasteiger partial charge >= 0.3 is 0 Å². The van der Waals surface area contributed by atoms with E-state index in [9.17, 15) is 9.90 Å². The molecule has 1 aromatic rings. The Morgan fingerprint density at radius 1 is 1.19 bits per heavy atom. The van der Waals surface area contributed by atoms with Crippen molar-refractivity contribution in [3.8, 4) is 0 Å². The van der Waals surface area contributed by atoms with E-state index < -0.39 is 5.60 Å². The Labute approximate surface area is 126 Å². The van der Waals surface area contributed by atoms with Crippen LogP contribution in [0, 0.1) is 11.3 Å². The van der Waals surface area contributed by atoms with E-state index in [0.717, 1.165) is 38.4 Å². The third-order valence-electron chi connectivity index (χ3n) is 6.04. The third kappa shape index (κ3) is 2.36. The van der Waals surface area contributed by atoms with Crippen LogP contribution in [0.4, 0.5) is 0 Å². The van der Waals surface area contributed by atoms with Crippen molar-refractivity contribution in [1.29, 1.82) is 0 Å². The smallest absolute Gasteiger partial charge is 0.142 e. The lowest BCUT2D eigenvalue weighted by Crippen LogP contribution is -2.49. The molecule has 2 nitrogen and oxygen atoms in total. The van der Waals surface area contributed by atoms with E-state index in [0.29, 0.717) is 11.8 Å². The average Bonchev–Trinajstić information content (AvgIpc) is 2.77. The van der Waals surface area contributed by atoms with Gasteiger partial charge in [-0.2, -0.15) is 0 Å². The molecule has 2 saturated carbocycles. The van der Waals surface area contributed by atoms with Crippen molar-refractivity contribution < 1.29 is 9.90 Å². The Hall–Kier alpha value is -1.41. The molecule has 0 saturated heterocycles. The molecule has 2 aliphatic rings. The molecule has 0 spiro atoms. The Morgan fingerprint density at radius 2 is 1.95 bits per heavy atom. The summed E-state index contributed by atoms with van der Waals surface area (Å²) in [5, 5.41) is 11.2. The molecule has 21 heavy (non-hydrogen) atoms. The highest BCUT2D eigenvalue weighted by molar-refractivity contribution is 5.64. The van der Waals surface area contributed by atoms with Crippen LogP contribution in [-0.4, -0.2) is 17.0 Å². The fraction of sp³-hybridized carbons (Fsp3) is 0.526. The van der Waals surface area contributed by atoms with Crippen molar-refractivity contribution >= 4 is 6.29 Å². The number of carbonyl (C=O) groups excluding carboxylic acids is 1. The van der Waals surface area contributed by atoms with Gasteiger partial charge in [-0.25, -0.2) is 0 Å². The highest BCUT2D eigenvalue weighted by atomic mass is 16.3. The minimum absolute atomic E-state index is 0.0855. The van der Waals surface area contributed by atoms with Gasteiger partial charge in [0, 0.05) is 5.41 Å². The summed E-state index contributed by atoms with van der Waals surface area (Å²) < 4.78 is 0. The standard InChI is InChI=1S/C19H24O2/c1-18-11-9-16(15-6-3-2-4-7-15)14-19(18,21)12-10-17(18)8-5-13-20/h2-8,13,16-17,21H,9-12,14H2,1H3/t16-,17-,18+,19-/m0/s1. The van der Waals surface area contributed by atoms with E-state index in [2.05, 4.69) is 31.2 Å². The second-order valence-corrected chi connectivity index (χ2v) is 6.97. The Bertz CT molecular complexity index is 536. The maximum absolute atomic E-state index is 11.2. The number of benzene rings is 1. The van der Waals surface area contributed by atoms with E-state index in [-0.39, 0.29) is 5.41 Å². The van der Waals surface area contributed by atoms with E-state index in [1.165, 1.54) is 5.56 Å². The van der Waals surface area contributed by atoms with E-state index in [1.54, 1.807) is 6.08 Å². The Morgan fingerprint density at radius 3 is 2.67 bits per heavy atom. The van der Waals surface area contributed by atoms with Crippen molar-refractivity contribution in [1.82, 2.24) is 0 Å². The first-order valence-electron chi connectivity index (χ1n) is 7.98. The SMILES string of the molecule is C[C@]12CC[C@H](c3ccccc3)C[C@@]1(O)CC[C@@H]2C=CC=O. The summed E-state index contributed by atoms with van der Waals surface area (Å²) in [6.45, 7) is 2.21. The number of hydrogen-bond donors (Lipinski definition) is 1. The normalized spacial score (nSPS) is 39.3. The summed E-state index contributed by atoms with van der Waals surface area (Å²) >= 11 is 0. The zero-order valence-electron chi connectivity index (χ0n) is 12.7. The fourth-order valence-corrected chi connectivity index (χ4v) is 4.58. The predicted molar refractivity (Wildman–Crippen MR) is 84.0 cm³/mol. The summed E-state index contributed by atoms with van der Waals surface area (Å²) in [7, 11) is 0. The van der Waals surface area contributed by atoms with Crippen LogP contribution in [0.5, 0.6) is 0 Å². The number of carbonyl (C=O) groups is 1. The summed E-state index contributed by atoms with van der Waals surface area (Å²) in [5.74, 6) is 0.780. The van der Waals surface area contributed by atoms with E-state index in [1.807, 2.05) is 12.1 Å². The van der Waals surface area contributed by atoms with Gasteiger partial charge in [-0.05, 0) is 55.6 Å². The van der Waals surface area contributed by atoms with Gasteiger partial charge < -0.3 is 5.11 Å². The number of aliphatic hydroxyl groups is 1. The Balaban J connectivity index is 1.83. The zero-order valence-corrected chi connectivity index (χ0v) is 12.7. The maximum atomic E-state index is 11.2. The molecule has 1 aromatic carbocycles. The predicted octanol–water partition coefficient (Wildman–Crippen LogP) is 3.86. The largest absolute Gasteiger partial charge is 0.389 e. The molecule has 0 amide bonds. The van der Waals surface area contributed by atoms with Crippen molar-refractivity contribution in [2.75, 3.05) is 0 Å². The second kappa shape index (κ2) is 5.42. The molecule has 4 atom stereocenters. The highest BCUT2D eigenvalue weighted by Crippen LogP contribution is 2.60. The zero-order chi connectivity index (χ0) is 14.9. The number of allylic oxidation sites excluding steroid dienone is 2. The van der Waals surface area contributed by atoms with Gasteiger partial charge in [0.25, 0.3) is 0 Å². The minimum Gasteiger partial charge on any atom is -0.389 e. The monoisotopic (exact) mass is 284 g/mol. The molecule has 2 aliphatic carbocycles. The van der Waals surface area contributed by atoms with Crippen LogP contribution < -0.4 is 0 Å².